The van der Waals surface area contributed by atoms with Gasteiger partial charge in [-0.25, -0.2) is 0 Å². The topological polar surface area (TPSA) is 75.4 Å². The molecule has 102 valence electrons. The van der Waals surface area contributed by atoms with Crippen molar-refractivity contribution in [1.82, 2.24) is 9.03 Å². The summed E-state index contributed by atoms with van der Waals surface area (Å²) in [5.74, 6) is 0.304. The fourth-order valence-corrected chi connectivity index (χ4v) is 4.32. The number of nitrogens with two attached hydrogens (primary N) is 1. The molecule has 17 heavy (non-hydrogen) atoms. The lowest BCUT2D eigenvalue weighted by atomic mass is 10.0. The lowest BCUT2D eigenvalue weighted by Crippen LogP contribution is -2.50. The molecule has 2 atom stereocenters. The molecule has 0 aromatic carbocycles. The lowest BCUT2D eigenvalue weighted by Gasteiger charge is -2.31. The van der Waals surface area contributed by atoms with E-state index in [9.17, 15) is 8.42 Å². The first-order chi connectivity index (χ1) is 7.92. The van der Waals surface area contributed by atoms with Gasteiger partial charge in [-0.2, -0.15) is 17.4 Å². The van der Waals surface area contributed by atoms with Crippen LogP contribution in [0.5, 0.6) is 0 Å². The SMILES string of the molecule is CCN(C1CCCC1CN)S(=O)(=O)NC(C)C. The van der Waals surface area contributed by atoms with Gasteiger partial charge >= 0.3 is 0 Å². The molecule has 0 radical (unpaired) electrons. The number of rotatable bonds is 6. The molecule has 5 nitrogen and oxygen atoms in total. The predicted molar refractivity (Wildman–Crippen MR) is 69.8 cm³/mol. The van der Waals surface area contributed by atoms with Gasteiger partial charge in [-0.3, -0.25) is 0 Å². The van der Waals surface area contributed by atoms with Gasteiger partial charge in [0, 0.05) is 18.6 Å². The minimum Gasteiger partial charge on any atom is -0.330 e. The number of hydrogen-bond donors (Lipinski definition) is 2. The number of hydrogen-bond acceptors (Lipinski definition) is 3. The summed E-state index contributed by atoms with van der Waals surface area (Å²) < 4.78 is 28.6. The molecule has 0 aromatic heterocycles. The van der Waals surface area contributed by atoms with E-state index in [1.807, 2.05) is 20.8 Å². The smallest absolute Gasteiger partial charge is 0.279 e. The molecule has 1 saturated carbocycles. The van der Waals surface area contributed by atoms with Gasteiger partial charge in [-0.15, -0.1) is 0 Å². The molecular weight excluding hydrogens is 238 g/mol. The first kappa shape index (κ1) is 14.9. The Kier molecular flexibility index (Phi) is 5.37. The Labute approximate surface area is 105 Å². The average molecular weight is 263 g/mol. The molecule has 0 aliphatic heterocycles. The van der Waals surface area contributed by atoms with E-state index < -0.39 is 10.2 Å². The Hall–Kier alpha value is -0.170. The second-order valence-corrected chi connectivity index (χ2v) is 6.63. The highest BCUT2D eigenvalue weighted by atomic mass is 32.2. The van der Waals surface area contributed by atoms with Crippen LogP contribution in [0.1, 0.15) is 40.0 Å². The molecule has 6 heteroatoms. The second kappa shape index (κ2) is 6.13. The van der Waals surface area contributed by atoms with Crippen LogP contribution >= 0.6 is 0 Å². The van der Waals surface area contributed by atoms with E-state index in [0.717, 1.165) is 19.3 Å². The molecule has 0 saturated heterocycles. The summed E-state index contributed by atoms with van der Waals surface area (Å²) in [5.41, 5.74) is 5.72. The van der Waals surface area contributed by atoms with Gasteiger partial charge in [0.15, 0.2) is 0 Å². The summed E-state index contributed by atoms with van der Waals surface area (Å²) >= 11 is 0. The van der Waals surface area contributed by atoms with Gasteiger partial charge < -0.3 is 5.73 Å². The minimum atomic E-state index is -3.37. The first-order valence-corrected chi connectivity index (χ1v) is 7.85. The van der Waals surface area contributed by atoms with Crippen LogP contribution in [0.15, 0.2) is 0 Å². The second-order valence-electron chi connectivity index (χ2n) is 4.97. The molecule has 0 aromatic rings. The van der Waals surface area contributed by atoms with Crippen molar-refractivity contribution in [1.29, 1.82) is 0 Å². The standard InChI is InChI=1S/C11H25N3O2S/c1-4-14(17(15,16)13-9(2)3)11-7-5-6-10(11)8-12/h9-11,13H,4-8,12H2,1-3H3. The third-order valence-electron chi connectivity index (χ3n) is 3.30. The third kappa shape index (κ3) is 3.64. The highest BCUT2D eigenvalue weighted by molar-refractivity contribution is 7.87. The van der Waals surface area contributed by atoms with Crippen LogP contribution in [-0.4, -0.2) is 37.9 Å². The summed E-state index contributed by atoms with van der Waals surface area (Å²) in [7, 11) is -3.37. The summed E-state index contributed by atoms with van der Waals surface area (Å²) in [6.07, 6.45) is 3.03. The first-order valence-electron chi connectivity index (χ1n) is 6.41. The van der Waals surface area contributed by atoms with E-state index in [1.165, 1.54) is 0 Å². The summed E-state index contributed by atoms with van der Waals surface area (Å²) in [5, 5.41) is 0. The van der Waals surface area contributed by atoms with Crippen molar-refractivity contribution in [2.75, 3.05) is 13.1 Å². The average Bonchev–Trinajstić information content (AvgIpc) is 2.64. The maximum Gasteiger partial charge on any atom is 0.279 e. The Morgan fingerprint density at radius 1 is 1.41 bits per heavy atom. The van der Waals surface area contributed by atoms with Crippen LogP contribution < -0.4 is 10.5 Å². The zero-order valence-corrected chi connectivity index (χ0v) is 11.8. The molecule has 1 aliphatic carbocycles. The maximum absolute atomic E-state index is 12.2. The highest BCUT2D eigenvalue weighted by Crippen LogP contribution is 2.30. The molecule has 0 bridgehead atoms. The summed E-state index contributed by atoms with van der Waals surface area (Å²) in [6.45, 7) is 6.62. The Morgan fingerprint density at radius 3 is 2.53 bits per heavy atom. The monoisotopic (exact) mass is 263 g/mol. The van der Waals surface area contributed by atoms with Gasteiger partial charge in [0.25, 0.3) is 10.2 Å². The summed E-state index contributed by atoms with van der Waals surface area (Å²) in [6, 6.07) is -0.00645. The zero-order chi connectivity index (χ0) is 13.1. The van der Waals surface area contributed by atoms with Crippen LogP contribution in [0.4, 0.5) is 0 Å². The lowest BCUT2D eigenvalue weighted by molar-refractivity contribution is 0.272. The van der Waals surface area contributed by atoms with Crippen LogP contribution in [0.2, 0.25) is 0 Å². The van der Waals surface area contributed by atoms with Crippen molar-refractivity contribution < 1.29 is 8.42 Å². The van der Waals surface area contributed by atoms with E-state index in [2.05, 4.69) is 4.72 Å². The largest absolute Gasteiger partial charge is 0.330 e. The minimum absolute atomic E-state index is 0.0706. The fourth-order valence-electron chi connectivity index (χ4n) is 2.62. The molecule has 0 heterocycles. The van der Waals surface area contributed by atoms with Gasteiger partial charge in [-0.05, 0) is 39.2 Å². The van der Waals surface area contributed by atoms with E-state index in [-0.39, 0.29) is 12.1 Å². The van der Waals surface area contributed by atoms with Crippen molar-refractivity contribution in [3.8, 4) is 0 Å². The van der Waals surface area contributed by atoms with Crippen molar-refractivity contribution in [3.63, 3.8) is 0 Å². The quantitative estimate of drug-likeness (QED) is 0.740. The van der Waals surface area contributed by atoms with Crippen molar-refractivity contribution in [3.05, 3.63) is 0 Å². The molecule has 1 rings (SSSR count). The Bertz CT molecular complexity index is 330. The zero-order valence-electron chi connectivity index (χ0n) is 11.0. The molecule has 1 aliphatic rings. The van der Waals surface area contributed by atoms with E-state index in [4.69, 9.17) is 5.73 Å². The Balaban J connectivity index is 2.83. The van der Waals surface area contributed by atoms with Crippen molar-refractivity contribution in [2.45, 2.75) is 52.1 Å². The molecule has 1 fully saturated rings. The predicted octanol–water partition coefficient (Wildman–Crippen LogP) is 0.679. The number of nitrogens with zero attached hydrogens (tertiary/aromatic N) is 1. The number of nitrogens with one attached hydrogen (secondary N) is 1. The van der Waals surface area contributed by atoms with E-state index in [1.54, 1.807) is 4.31 Å². The van der Waals surface area contributed by atoms with Gasteiger partial charge in [0.05, 0.1) is 0 Å². The van der Waals surface area contributed by atoms with E-state index in [0.29, 0.717) is 19.0 Å². The van der Waals surface area contributed by atoms with Crippen LogP contribution in [0.25, 0.3) is 0 Å². The Morgan fingerprint density at radius 2 is 2.06 bits per heavy atom. The van der Waals surface area contributed by atoms with Crippen molar-refractivity contribution >= 4 is 10.2 Å². The van der Waals surface area contributed by atoms with Gasteiger partial charge in [0.2, 0.25) is 0 Å². The normalized spacial score (nSPS) is 26.0. The third-order valence-corrected chi connectivity index (χ3v) is 5.21. The van der Waals surface area contributed by atoms with Crippen LogP contribution in [-0.2, 0) is 10.2 Å². The van der Waals surface area contributed by atoms with Gasteiger partial charge in [0.1, 0.15) is 0 Å². The maximum atomic E-state index is 12.2. The molecule has 0 spiro atoms. The van der Waals surface area contributed by atoms with Crippen molar-refractivity contribution in [2.24, 2.45) is 11.7 Å². The highest BCUT2D eigenvalue weighted by Gasteiger charge is 2.36. The fraction of sp³-hybridized carbons (Fsp3) is 1.00. The van der Waals surface area contributed by atoms with Gasteiger partial charge in [-0.1, -0.05) is 13.3 Å². The van der Waals surface area contributed by atoms with E-state index >= 15 is 0 Å². The molecule has 2 unspecified atom stereocenters. The molecular formula is C11H25N3O2S. The molecule has 0 amide bonds. The van der Waals surface area contributed by atoms with Crippen LogP contribution in [0, 0.1) is 5.92 Å². The van der Waals surface area contributed by atoms with Crippen LogP contribution in [0.3, 0.4) is 0 Å². The summed E-state index contributed by atoms with van der Waals surface area (Å²) in [4.78, 5) is 0. The molecule has 3 N–H and O–H groups in total.